The molecule has 1 unspecified atom stereocenters. The van der Waals surface area contributed by atoms with Crippen molar-refractivity contribution in [1.29, 1.82) is 0 Å². The first-order valence-electron chi connectivity index (χ1n) is 5.31. The summed E-state index contributed by atoms with van der Waals surface area (Å²) in [5.41, 5.74) is 6.75. The van der Waals surface area contributed by atoms with Gasteiger partial charge in [0.2, 0.25) is 0 Å². The summed E-state index contributed by atoms with van der Waals surface area (Å²) in [6, 6.07) is 1.70. The highest BCUT2D eigenvalue weighted by Crippen LogP contribution is 2.18. The summed E-state index contributed by atoms with van der Waals surface area (Å²) in [5.74, 6) is 0.712. The minimum absolute atomic E-state index is 0.177. The summed E-state index contributed by atoms with van der Waals surface area (Å²) in [6.07, 6.45) is 3.39. The van der Waals surface area contributed by atoms with Gasteiger partial charge in [0.15, 0.2) is 0 Å². The number of methoxy groups -OCH3 is 1. The molecule has 0 aromatic carbocycles. The van der Waals surface area contributed by atoms with E-state index in [9.17, 15) is 0 Å². The number of hydrogen-bond donors (Lipinski definition) is 1. The van der Waals surface area contributed by atoms with Crippen molar-refractivity contribution in [3.05, 3.63) is 24.0 Å². The Kier molecular flexibility index (Phi) is 4.26. The number of nitrogens with zero attached hydrogens (tertiary/aromatic N) is 1. The molecule has 16 heavy (non-hydrogen) atoms. The minimum atomic E-state index is -0.179. The van der Waals surface area contributed by atoms with Gasteiger partial charge >= 0.3 is 0 Å². The van der Waals surface area contributed by atoms with E-state index in [2.05, 4.69) is 4.98 Å². The van der Waals surface area contributed by atoms with E-state index in [-0.39, 0.29) is 11.6 Å². The Labute approximate surface area is 96.8 Å². The summed E-state index contributed by atoms with van der Waals surface area (Å²) >= 11 is 0. The van der Waals surface area contributed by atoms with E-state index < -0.39 is 0 Å². The molecule has 0 saturated heterocycles. The molecule has 2 N–H and O–H groups in total. The Balaban J connectivity index is 2.62. The molecule has 1 aromatic heterocycles. The van der Waals surface area contributed by atoms with Gasteiger partial charge in [0.25, 0.3) is 0 Å². The average Bonchev–Trinajstić information content (AvgIpc) is 2.25. The van der Waals surface area contributed by atoms with Crippen LogP contribution >= 0.6 is 0 Å². The van der Waals surface area contributed by atoms with Crippen LogP contribution in [0.1, 0.15) is 32.4 Å². The molecule has 4 heteroatoms. The van der Waals surface area contributed by atoms with Crippen LogP contribution < -0.4 is 10.5 Å². The molecule has 0 bridgehead atoms. The zero-order chi connectivity index (χ0) is 12.2. The number of hydrogen-bond acceptors (Lipinski definition) is 4. The fourth-order valence-corrected chi connectivity index (χ4v) is 1.19. The molecule has 1 rings (SSSR count). The van der Waals surface area contributed by atoms with Gasteiger partial charge in [-0.15, -0.1) is 0 Å². The molecule has 1 heterocycles. The zero-order valence-electron chi connectivity index (χ0n) is 10.4. The standard InChI is InChI=1S/C12H20N2O2/c1-12(2,3)16-8-11(13)9-5-10(15-4)7-14-6-9/h5-7,11H,8,13H2,1-4H3. The molecule has 0 fully saturated rings. The predicted molar refractivity (Wildman–Crippen MR) is 63.4 cm³/mol. The van der Waals surface area contributed by atoms with Crippen LogP contribution in [0.4, 0.5) is 0 Å². The molecular weight excluding hydrogens is 204 g/mol. The monoisotopic (exact) mass is 224 g/mol. The number of rotatable bonds is 4. The molecule has 0 radical (unpaired) electrons. The van der Waals surface area contributed by atoms with Crippen LogP contribution in [0.15, 0.2) is 18.5 Å². The molecule has 1 atom stereocenters. The summed E-state index contributed by atoms with van der Waals surface area (Å²) in [6.45, 7) is 6.48. The van der Waals surface area contributed by atoms with Crippen molar-refractivity contribution in [3.63, 3.8) is 0 Å². The number of pyridine rings is 1. The zero-order valence-corrected chi connectivity index (χ0v) is 10.4. The van der Waals surface area contributed by atoms with Gasteiger partial charge in [0, 0.05) is 6.20 Å². The quantitative estimate of drug-likeness (QED) is 0.848. The Bertz CT molecular complexity index is 334. The predicted octanol–water partition coefficient (Wildman–Crippen LogP) is 1.91. The third-order valence-electron chi connectivity index (χ3n) is 2.09. The Morgan fingerprint density at radius 1 is 1.38 bits per heavy atom. The van der Waals surface area contributed by atoms with E-state index in [1.54, 1.807) is 19.5 Å². The lowest BCUT2D eigenvalue weighted by Gasteiger charge is -2.22. The fourth-order valence-electron chi connectivity index (χ4n) is 1.19. The number of nitrogens with two attached hydrogens (primary N) is 1. The third-order valence-corrected chi connectivity index (χ3v) is 2.09. The highest BCUT2D eigenvalue weighted by Gasteiger charge is 2.14. The topological polar surface area (TPSA) is 57.4 Å². The maximum atomic E-state index is 6.01. The molecule has 1 aromatic rings. The molecular formula is C12H20N2O2. The molecule has 0 aliphatic carbocycles. The first kappa shape index (κ1) is 12.9. The van der Waals surface area contributed by atoms with Crippen molar-refractivity contribution in [2.75, 3.05) is 13.7 Å². The van der Waals surface area contributed by atoms with Gasteiger partial charge < -0.3 is 15.2 Å². The molecule has 0 aliphatic rings. The van der Waals surface area contributed by atoms with Gasteiger partial charge in [0.05, 0.1) is 31.6 Å². The smallest absolute Gasteiger partial charge is 0.137 e. The Morgan fingerprint density at radius 3 is 2.62 bits per heavy atom. The van der Waals surface area contributed by atoms with Crippen LogP contribution in [-0.2, 0) is 4.74 Å². The minimum Gasteiger partial charge on any atom is -0.495 e. The number of aromatic nitrogens is 1. The lowest BCUT2D eigenvalue weighted by Crippen LogP contribution is -2.26. The second kappa shape index (κ2) is 5.27. The molecule has 0 aliphatic heterocycles. The van der Waals surface area contributed by atoms with Gasteiger partial charge in [-0.25, -0.2) is 0 Å². The second-order valence-electron chi connectivity index (χ2n) is 4.69. The van der Waals surface area contributed by atoms with E-state index in [1.807, 2.05) is 26.8 Å². The van der Waals surface area contributed by atoms with Crippen LogP contribution in [0.5, 0.6) is 5.75 Å². The lowest BCUT2D eigenvalue weighted by atomic mass is 10.1. The average molecular weight is 224 g/mol. The van der Waals surface area contributed by atoms with Crippen LogP contribution in [0, 0.1) is 0 Å². The van der Waals surface area contributed by atoms with E-state index >= 15 is 0 Å². The first-order valence-corrected chi connectivity index (χ1v) is 5.31. The third kappa shape index (κ3) is 4.16. The van der Waals surface area contributed by atoms with E-state index in [1.165, 1.54) is 0 Å². The lowest BCUT2D eigenvalue weighted by molar-refractivity contribution is -0.0102. The molecule has 90 valence electrons. The number of ether oxygens (including phenoxy) is 2. The van der Waals surface area contributed by atoms with Crippen molar-refractivity contribution in [2.45, 2.75) is 32.4 Å². The summed E-state index contributed by atoms with van der Waals surface area (Å²) in [5, 5.41) is 0. The Hall–Kier alpha value is -1.13. The van der Waals surface area contributed by atoms with E-state index in [4.69, 9.17) is 15.2 Å². The van der Waals surface area contributed by atoms with E-state index in [0.717, 1.165) is 5.56 Å². The summed E-state index contributed by atoms with van der Waals surface area (Å²) in [4.78, 5) is 4.06. The molecule has 0 amide bonds. The van der Waals surface area contributed by atoms with Gasteiger partial charge in [-0.1, -0.05) is 0 Å². The summed E-state index contributed by atoms with van der Waals surface area (Å²) in [7, 11) is 1.61. The molecule has 0 spiro atoms. The van der Waals surface area contributed by atoms with Crippen molar-refractivity contribution >= 4 is 0 Å². The van der Waals surface area contributed by atoms with Crippen molar-refractivity contribution in [2.24, 2.45) is 5.73 Å². The van der Waals surface area contributed by atoms with Crippen LogP contribution in [0.25, 0.3) is 0 Å². The van der Waals surface area contributed by atoms with Crippen molar-refractivity contribution in [3.8, 4) is 5.75 Å². The maximum absolute atomic E-state index is 6.01. The Morgan fingerprint density at radius 2 is 2.06 bits per heavy atom. The first-order chi connectivity index (χ1) is 7.42. The van der Waals surface area contributed by atoms with Gasteiger partial charge in [0.1, 0.15) is 5.75 Å². The van der Waals surface area contributed by atoms with Crippen LogP contribution in [0.3, 0.4) is 0 Å². The SMILES string of the molecule is COc1cncc(C(N)COC(C)(C)C)c1. The van der Waals surface area contributed by atoms with Gasteiger partial charge in [-0.2, -0.15) is 0 Å². The van der Waals surface area contributed by atoms with Gasteiger partial charge in [-0.3, -0.25) is 4.98 Å². The molecule has 0 saturated carbocycles. The van der Waals surface area contributed by atoms with Crippen molar-refractivity contribution < 1.29 is 9.47 Å². The second-order valence-corrected chi connectivity index (χ2v) is 4.69. The van der Waals surface area contributed by atoms with E-state index in [0.29, 0.717) is 12.4 Å². The van der Waals surface area contributed by atoms with Crippen LogP contribution in [0.2, 0.25) is 0 Å². The maximum Gasteiger partial charge on any atom is 0.137 e. The normalized spacial score (nSPS) is 13.6. The van der Waals surface area contributed by atoms with Crippen molar-refractivity contribution in [1.82, 2.24) is 4.98 Å². The highest BCUT2D eigenvalue weighted by atomic mass is 16.5. The van der Waals surface area contributed by atoms with Gasteiger partial charge in [-0.05, 0) is 32.4 Å². The highest BCUT2D eigenvalue weighted by molar-refractivity contribution is 5.25. The summed E-state index contributed by atoms with van der Waals surface area (Å²) < 4.78 is 10.7. The van der Waals surface area contributed by atoms with Crippen LogP contribution in [-0.4, -0.2) is 24.3 Å². The molecule has 4 nitrogen and oxygen atoms in total. The largest absolute Gasteiger partial charge is 0.495 e. The fraction of sp³-hybridized carbons (Fsp3) is 0.583.